The summed E-state index contributed by atoms with van der Waals surface area (Å²) in [5, 5.41) is 1.42. The minimum absolute atomic E-state index is 0.279. The maximum absolute atomic E-state index is 12.4. The lowest BCUT2D eigenvalue weighted by atomic mass is 10.2. The van der Waals surface area contributed by atoms with E-state index in [1.807, 2.05) is 48.0 Å². The summed E-state index contributed by atoms with van der Waals surface area (Å²) >= 11 is 5.95. The van der Waals surface area contributed by atoms with Crippen LogP contribution < -0.4 is 0 Å². The number of likely N-dealkylation sites (N-methyl/N-ethyl adjacent to an activating group) is 1. The lowest BCUT2D eigenvalue weighted by molar-refractivity contribution is -0.133. The molecule has 6 heteroatoms. The first-order valence-electron chi connectivity index (χ1n) is 8.15. The van der Waals surface area contributed by atoms with Gasteiger partial charge in [-0.2, -0.15) is 0 Å². The van der Waals surface area contributed by atoms with E-state index < -0.39 is 5.97 Å². The third-order valence-electron chi connectivity index (χ3n) is 4.18. The van der Waals surface area contributed by atoms with E-state index in [9.17, 15) is 9.59 Å². The van der Waals surface area contributed by atoms with Gasteiger partial charge in [-0.1, -0.05) is 41.9 Å². The van der Waals surface area contributed by atoms with Gasteiger partial charge in [-0.3, -0.25) is 4.79 Å². The van der Waals surface area contributed by atoms with Gasteiger partial charge in [-0.25, -0.2) is 4.79 Å². The molecule has 0 N–H and O–H groups in total. The summed E-state index contributed by atoms with van der Waals surface area (Å²) in [5.41, 5.74) is 2.30. The van der Waals surface area contributed by atoms with E-state index in [0.29, 0.717) is 17.1 Å². The average Bonchev–Trinajstić information content (AvgIpc) is 2.96. The van der Waals surface area contributed by atoms with E-state index in [4.69, 9.17) is 16.3 Å². The van der Waals surface area contributed by atoms with Crippen molar-refractivity contribution < 1.29 is 14.3 Å². The molecule has 134 valence electrons. The van der Waals surface area contributed by atoms with Crippen LogP contribution >= 0.6 is 11.6 Å². The van der Waals surface area contributed by atoms with Gasteiger partial charge in [0.25, 0.3) is 5.91 Å². The van der Waals surface area contributed by atoms with E-state index in [-0.39, 0.29) is 12.5 Å². The highest BCUT2D eigenvalue weighted by atomic mass is 35.5. The number of benzene rings is 2. The van der Waals surface area contributed by atoms with Crippen LogP contribution in [0.25, 0.3) is 10.9 Å². The molecule has 0 bridgehead atoms. The molecule has 3 rings (SSSR count). The predicted octanol–water partition coefficient (Wildman–Crippen LogP) is 3.65. The highest BCUT2D eigenvalue weighted by molar-refractivity contribution is 6.30. The molecule has 0 aliphatic carbocycles. The van der Waals surface area contributed by atoms with Crippen molar-refractivity contribution in [1.82, 2.24) is 9.47 Å². The van der Waals surface area contributed by atoms with Gasteiger partial charge < -0.3 is 14.2 Å². The molecule has 3 aromatic rings. The summed E-state index contributed by atoms with van der Waals surface area (Å²) in [7, 11) is 3.53. The van der Waals surface area contributed by atoms with Gasteiger partial charge in [-0.15, -0.1) is 0 Å². The number of ether oxygens (including phenoxy) is 1. The zero-order chi connectivity index (χ0) is 18.7. The molecule has 5 nitrogen and oxygen atoms in total. The van der Waals surface area contributed by atoms with Crippen molar-refractivity contribution in [2.24, 2.45) is 7.05 Å². The molecule has 0 aliphatic rings. The van der Waals surface area contributed by atoms with Crippen LogP contribution in [0, 0.1) is 0 Å². The average molecular weight is 371 g/mol. The Morgan fingerprint density at radius 2 is 1.92 bits per heavy atom. The number of hydrogen-bond acceptors (Lipinski definition) is 3. The molecule has 1 amide bonds. The smallest absolute Gasteiger partial charge is 0.340 e. The first kappa shape index (κ1) is 18.0. The molecule has 0 spiro atoms. The quantitative estimate of drug-likeness (QED) is 0.644. The minimum atomic E-state index is -0.508. The number of fused-ring (bicyclic) bond motifs is 1. The first-order chi connectivity index (χ1) is 12.5. The Balaban J connectivity index is 1.62. The number of aromatic nitrogens is 1. The number of nitrogens with zero attached hydrogens (tertiary/aromatic N) is 2. The number of esters is 1. The van der Waals surface area contributed by atoms with E-state index in [0.717, 1.165) is 16.5 Å². The molecule has 1 heterocycles. The number of carbonyl (C=O) groups excluding carboxylic acids is 2. The number of hydrogen-bond donors (Lipinski definition) is 0. The third kappa shape index (κ3) is 3.89. The summed E-state index contributed by atoms with van der Waals surface area (Å²) in [6, 6.07) is 14.9. The monoisotopic (exact) mass is 370 g/mol. The summed E-state index contributed by atoms with van der Waals surface area (Å²) in [6.45, 7) is 0.0876. The van der Waals surface area contributed by atoms with Crippen LogP contribution in [-0.4, -0.2) is 35.0 Å². The van der Waals surface area contributed by atoms with Crippen LogP contribution in [0.3, 0.4) is 0 Å². The van der Waals surface area contributed by atoms with Crippen molar-refractivity contribution in [3.05, 3.63) is 70.9 Å². The highest BCUT2D eigenvalue weighted by Gasteiger charge is 2.17. The minimum Gasteiger partial charge on any atom is -0.452 e. The molecule has 0 fully saturated rings. The molecule has 26 heavy (non-hydrogen) atoms. The van der Waals surface area contributed by atoms with Crippen LogP contribution in [-0.2, 0) is 23.1 Å². The fourth-order valence-corrected chi connectivity index (χ4v) is 3.03. The lowest BCUT2D eigenvalue weighted by Gasteiger charge is -2.17. The van der Waals surface area contributed by atoms with Crippen LogP contribution in [0.2, 0.25) is 5.02 Å². The van der Waals surface area contributed by atoms with Gasteiger partial charge in [0.15, 0.2) is 6.61 Å². The molecule has 0 atom stereocenters. The van der Waals surface area contributed by atoms with Gasteiger partial charge in [0.05, 0.1) is 5.56 Å². The summed E-state index contributed by atoms with van der Waals surface area (Å²) in [6.07, 6.45) is 1.72. The Morgan fingerprint density at radius 1 is 1.15 bits per heavy atom. The number of halogens is 1. The van der Waals surface area contributed by atoms with E-state index in [1.165, 1.54) is 4.90 Å². The predicted molar refractivity (Wildman–Crippen MR) is 101 cm³/mol. The van der Waals surface area contributed by atoms with E-state index >= 15 is 0 Å². The van der Waals surface area contributed by atoms with Crippen molar-refractivity contribution in [2.75, 3.05) is 13.7 Å². The first-order valence-corrected chi connectivity index (χ1v) is 8.53. The Labute approximate surface area is 156 Å². The molecule has 0 radical (unpaired) electrons. The second-order valence-electron chi connectivity index (χ2n) is 6.13. The van der Waals surface area contributed by atoms with Crippen molar-refractivity contribution in [3.63, 3.8) is 0 Å². The summed E-state index contributed by atoms with van der Waals surface area (Å²) in [5.74, 6) is -0.787. The fraction of sp³-hybridized carbons (Fsp3) is 0.200. The second kappa shape index (κ2) is 7.62. The van der Waals surface area contributed by atoms with Crippen molar-refractivity contribution in [1.29, 1.82) is 0 Å². The fourth-order valence-electron chi connectivity index (χ4n) is 2.82. The number of para-hydroxylation sites is 1. The van der Waals surface area contributed by atoms with E-state index in [1.54, 1.807) is 25.4 Å². The summed E-state index contributed by atoms with van der Waals surface area (Å²) < 4.78 is 7.08. The Kier molecular flexibility index (Phi) is 5.28. The van der Waals surface area contributed by atoms with Crippen LogP contribution in [0.1, 0.15) is 15.9 Å². The SMILES string of the molecule is CN(Cc1cccc(Cl)c1)C(=O)COC(=O)c1cn(C)c2ccccc12. The van der Waals surface area contributed by atoms with E-state index in [2.05, 4.69) is 0 Å². The largest absolute Gasteiger partial charge is 0.452 e. The molecule has 0 saturated heterocycles. The van der Waals surface area contributed by atoms with Crippen molar-refractivity contribution in [3.8, 4) is 0 Å². The number of rotatable bonds is 5. The molecule has 0 unspecified atom stereocenters. The zero-order valence-electron chi connectivity index (χ0n) is 14.6. The van der Waals surface area contributed by atoms with Gasteiger partial charge in [0, 0.05) is 42.8 Å². The lowest BCUT2D eigenvalue weighted by Crippen LogP contribution is -2.30. The second-order valence-corrected chi connectivity index (χ2v) is 6.56. The zero-order valence-corrected chi connectivity index (χ0v) is 15.4. The van der Waals surface area contributed by atoms with Gasteiger partial charge in [0.1, 0.15) is 0 Å². The van der Waals surface area contributed by atoms with Crippen LogP contribution in [0.4, 0.5) is 0 Å². The molecule has 0 saturated carbocycles. The van der Waals surface area contributed by atoms with Gasteiger partial charge in [0.2, 0.25) is 0 Å². The number of amides is 1. The normalized spacial score (nSPS) is 10.7. The highest BCUT2D eigenvalue weighted by Crippen LogP contribution is 2.21. The van der Waals surface area contributed by atoms with Crippen LogP contribution in [0.15, 0.2) is 54.7 Å². The third-order valence-corrected chi connectivity index (χ3v) is 4.41. The van der Waals surface area contributed by atoms with Crippen LogP contribution in [0.5, 0.6) is 0 Å². The van der Waals surface area contributed by atoms with Gasteiger partial charge >= 0.3 is 5.97 Å². The topological polar surface area (TPSA) is 51.5 Å². The molecule has 0 aliphatic heterocycles. The maximum atomic E-state index is 12.4. The molecular formula is C20H19ClN2O3. The standard InChI is InChI=1S/C20H19ClN2O3/c1-22-12-17(16-8-3-4-9-18(16)22)20(25)26-13-19(24)23(2)11-14-6-5-7-15(21)10-14/h3-10,12H,11,13H2,1-2H3. The molecule has 2 aromatic carbocycles. The Morgan fingerprint density at radius 3 is 2.69 bits per heavy atom. The summed E-state index contributed by atoms with van der Waals surface area (Å²) in [4.78, 5) is 26.1. The number of carbonyl (C=O) groups is 2. The Bertz CT molecular complexity index is 965. The van der Waals surface area contributed by atoms with Crippen molar-refractivity contribution in [2.45, 2.75) is 6.54 Å². The van der Waals surface area contributed by atoms with Crippen molar-refractivity contribution >= 4 is 34.4 Å². The Hall–Kier alpha value is -2.79. The molecule has 1 aromatic heterocycles. The maximum Gasteiger partial charge on any atom is 0.340 e. The molecular weight excluding hydrogens is 352 g/mol. The number of aryl methyl sites for hydroxylation is 1. The van der Waals surface area contributed by atoms with Gasteiger partial charge in [-0.05, 0) is 23.8 Å².